The number of rotatable bonds is 2. The highest BCUT2D eigenvalue weighted by Crippen LogP contribution is 2.48. The van der Waals surface area contributed by atoms with Crippen LogP contribution >= 0.6 is 47.0 Å². The predicted octanol–water partition coefficient (Wildman–Crippen LogP) is 4.69. The van der Waals surface area contributed by atoms with E-state index in [0.717, 1.165) is 0 Å². The summed E-state index contributed by atoms with van der Waals surface area (Å²) in [4.78, 5) is 19.6. The normalized spacial score (nSPS) is 16.1. The number of halogens is 3. The van der Waals surface area contributed by atoms with Crippen molar-refractivity contribution in [1.82, 2.24) is 9.97 Å². The molecule has 1 aliphatic heterocycles. The third-order valence-electron chi connectivity index (χ3n) is 4.06. The van der Waals surface area contributed by atoms with E-state index >= 15 is 0 Å². The molecule has 0 saturated carbocycles. The zero-order valence-corrected chi connectivity index (χ0v) is 16.7. The van der Waals surface area contributed by atoms with Gasteiger partial charge in [0.2, 0.25) is 0 Å². The molecule has 0 aliphatic carbocycles. The summed E-state index contributed by atoms with van der Waals surface area (Å²) in [6, 6.07) is 3.18. The van der Waals surface area contributed by atoms with Gasteiger partial charge in [-0.15, -0.1) is 0 Å². The van der Waals surface area contributed by atoms with Crippen LogP contribution in [0.3, 0.4) is 0 Å². The first-order valence-corrected chi connectivity index (χ1v) is 8.89. The number of nitrogens with two attached hydrogens (primary N) is 1. The third kappa shape index (κ3) is 3.05. The first-order valence-electron chi connectivity index (χ1n) is 7.35. The number of anilines is 2. The monoisotopic (exact) mass is 430 g/mol. The highest BCUT2D eigenvalue weighted by molar-refractivity contribution is 7.71. The van der Waals surface area contributed by atoms with E-state index in [2.05, 4.69) is 15.3 Å². The molecule has 2 aromatic rings. The summed E-state index contributed by atoms with van der Waals surface area (Å²) in [5, 5.41) is 3.88. The number of aromatic nitrogens is 2. The van der Waals surface area contributed by atoms with Gasteiger partial charge in [0.25, 0.3) is 0 Å². The average molecular weight is 432 g/mol. The van der Waals surface area contributed by atoms with Crippen molar-refractivity contribution in [3.63, 3.8) is 0 Å². The van der Waals surface area contributed by atoms with Crippen molar-refractivity contribution in [2.45, 2.75) is 12.8 Å². The molecular formula is C16H13Cl3N4O2S. The van der Waals surface area contributed by atoms with Gasteiger partial charge in [0, 0.05) is 21.8 Å². The van der Waals surface area contributed by atoms with Crippen molar-refractivity contribution in [3.05, 3.63) is 54.4 Å². The van der Waals surface area contributed by atoms with Crippen LogP contribution in [0.25, 0.3) is 0 Å². The van der Waals surface area contributed by atoms with Crippen LogP contribution in [0.15, 0.2) is 23.4 Å². The second-order valence-corrected chi connectivity index (χ2v) is 7.14. The standard InChI is InChI=1S/C16H13Cl3N4O2S/c1-5-8(15(24)25-2)10(9-6(17)3-4-7(18)12(9)19)11-13(20)22-16(26)23-14(11)21-5/h3-4,10H,1-2H3,(H4,20,21,22,23,26). The van der Waals surface area contributed by atoms with Gasteiger partial charge in [0.15, 0.2) is 4.77 Å². The predicted molar refractivity (Wildman–Crippen MR) is 105 cm³/mol. The second-order valence-electron chi connectivity index (χ2n) is 5.56. The Morgan fingerprint density at radius 3 is 2.58 bits per heavy atom. The number of nitrogens with zero attached hydrogens (tertiary/aromatic N) is 1. The number of benzene rings is 1. The lowest BCUT2D eigenvalue weighted by molar-refractivity contribution is -0.136. The maximum Gasteiger partial charge on any atom is 0.336 e. The van der Waals surface area contributed by atoms with Gasteiger partial charge in [-0.25, -0.2) is 9.78 Å². The van der Waals surface area contributed by atoms with Gasteiger partial charge < -0.3 is 20.8 Å². The van der Waals surface area contributed by atoms with Gasteiger partial charge in [0.05, 0.1) is 28.6 Å². The Kier molecular flexibility index (Phi) is 5.16. The Morgan fingerprint density at radius 2 is 1.92 bits per heavy atom. The van der Waals surface area contributed by atoms with Gasteiger partial charge in [-0.1, -0.05) is 34.8 Å². The topological polar surface area (TPSA) is 93.0 Å². The van der Waals surface area contributed by atoms with Crippen LogP contribution in [0.5, 0.6) is 0 Å². The molecule has 26 heavy (non-hydrogen) atoms. The fraction of sp³-hybridized carbons (Fsp3) is 0.188. The summed E-state index contributed by atoms with van der Waals surface area (Å²) < 4.78 is 5.15. The van der Waals surface area contributed by atoms with E-state index in [1.807, 2.05) is 0 Å². The second kappa shape index (κ2) is 7.08. The highest BCUT2D eigenvalue weighted by Gasteiger charge is 2.38. The van der Waals surface area contributed by atoms with Crippen LogP contribution in [-0.2, 0) is 9.53 Å². The molecule has 136 valence electrons. The molecule has 0 amide bonds. The number of carbonyl (C=O) groups is 1. The average Bonchev–Trinajstić information content (AvgIpc) is 2.57. The molecule has 10 heteroatoms. The molecule has 0 fully saturated rings. The summed E-state index contributed by atoms with van der Waals surface area (Å²) in [5.41, 5.74) is 7.89. The van der Waals surface area contributed by atoms with Crippen LogP contribution < -0.4 is 11.1 Å². The lowest BCUT2D eigenvalue weighted by Crippen LogP contribution is -2.26. The molecule has 1 unspecified atom stereocenters. The molecule has 4 N–H and O–H groups in total. The van der Waals surface area contributed by atoms with Crippen LogP contribution in [-0.4, -0.2) is 23.0 Å². The van der Waals surface area contributed by atoms with Crippen LogP contribution in [0.1, 0.15) is 24.0 Å². The lowest BCUT2D eigenvalue weighted by atomic mass is 9.82. The quantitative estimate of drug-likeness (QED) is 0.363. The number of hydrogen-bond acceptors (Lipinski definition) is 6. The first kappa shape index (κ1) is 19.0. The van der Waals surface area contributed by atoms with Crippen molar-refractivity contribution in [1.29, 1.82) is 0 Å². The number of carbonyl (C=O) groups excluding carboxylic acids is 1. The van der Waals surface area contributed by atoms with Gasteiger partial charge >= 0.3 is 5.97 Å². The van der Waals surface area contributed by atoms with E-state index < -0.39 is 11.9 Å². The summed E-state index contributed by atoms with van der Waals surface area (Å²) >= 11 is 24.1. The summed E-state index contributed by atoms with van der Waals surface area (Å²) in [5.74, 6) is -0.650. The summed E-state index contributed by atoms with van der Waals surface area (Å²) in [7, 11) is 1.29. The zero-order valence-electron chi connectivity index (χ0n) is 13.6. The van der Waals surface area contributed by atoms with Crippen LogP contribution in [0, 0.1) is 4.77 Å². The van der Waals surface area contributed by atoms with E-state index in [4.69, 9.17) is 57.5 Å². The number of aromatic amines is 1. The number of ether oxygens (including phenoxy) is 1. The van der Waals surface area contributed by atoms with Crippen molar-refractivity contribution < 1.29 is 9.53 Å². The molecule has 3 rings (SSSR count). The van der Waals surface area contributed by atoms with Crippen molar-refractivity contribution in [2.24, 2.45) is 0 Å². The largest absolute Gasteiger partial charge is 0.466 e. The van der Waals surface area contributed by atoms with Crippen molar-refractivity contribution in [3.8, 4) is 0 Å². The maximum atomic E-state index is 12.5. The third-order valence-corrected chi connectivity index (χ3v) is 5.40. The molecule has 0 saturated heterocycles. The smallest absolute Gasteiger partial charge is 0.336 e. The number of allylic oxidation sites excluding steroid dienone is 1. The van der Waals surface area contributed by atoms with E-state index in [1.165, 1.54) is 7.11 Å². The summed E-state index contributed by atoms with van der Waals surface area (Å²) in [6.45, 7) is 1.71. The molecule has 6 nitrogen and oxygen atoms in total. The van der Waals surface area contributed by atoms with Gasteiger partial charge in [0.1, 0.15) is 11.6 Å². The molecule has 1 atom stereocenters. The molecule has 0 radical (unpaired) electrons. The fourth-order valence-electron chi connectivity index (χ4n) is 2.97. The number of nitrogen functional groups attached to an aromatic ring is 1. The molecule has 0 bridgehead atoms. The fourth-order valence-corrected chi connectivity index (χ4v) is 3.92. The molecular weight excluding hydrogens is 419 g/mol. The Bertz CT molecular complexity index is 1020. The molecule has 1 aromatic carbocycles. The van der Waals surface area contributed by atoms with E-state index in [0.29, 0.717) is 38.3 Å². The highest BCUT2D eigenvalue weighted by atomic mass is 35.5. The number of nitrogens with one attached hydrogen (secondary N) is 2. The zero-order chi connectivity index (χ0) is 19.2. The first-order chi connectivity index (χ1) is 12.3. The Hall–Kier alpha value is -1.80. The summed E-state index contributed by atoms with van der Waals surface area (Å²) in [6.07, 6.45) is 0. The lowest BCUT2D eigenvalue weighted by Gasteiger charge is -2.31. The van der Waals surface area contributed by atoms with Crippen LogP contribution in [0.4, 0.5) is 11.6 Å². The van der Waals surface area contributed by atoms with Crippen molar-refractivity contribution >= 4 is 64.6 Å². The van der Waals surface area contributed by atoms with E-state index in [1.54, 1.807) is 19.1 Å². The van der Waals surface area contributed by atoms with Gasteiger partial charge in [-0.3, -0.25) is 0 Å². The minimum absolute atomic E-state index is 0.199. The van der Waals surface area contributed by atoms with Crippen molar-refractivity contribution in [2.75, 3.05) is 18.2 Å². The SMILES string of the molecule is COC(=O)C1=C(C)Nc2nc(=S)[nH]c(N)c2C1c1c(Cl)ccc(Cl)c1Cl. The Labute approximate surface area is 169 Å². The van der Waals surface area contributed by atoms with E-state index in [-0.39, 0.29) is 15.6 Å². The van der Waals surface area contributed by atoms with Gasteiger partial charge in [-0.2, -0.15) is 0 Å². The molecule has 1 aromatic heterocycles. The minimum Gasteiger partial charge on any atom is -0.466 e. The minimum atomic E-state index is -0.739. The number of methoxy groups -OCH3 is 1. The molecule has 1 aliphatic rings. The van der Waals surface area contributed by atoms with Gasteiger partial charge in [-0.05, 0) is 31.3 Å². The Balaban J connectivity index is 2.42. The number of fused-ring (bicyclic) bond motifs is 1. The van der Waals surface area contributed by atoms with E-state index in [9.17, 15) is 4.79 Å². The molecule has 0 spiro atoms. The number of hydrogen-bond donors (Lipinski definition) is 3. The Morgan fingerprint density at radius 1 is 1.27 bits per heavy atom. The molecule has 2 heterocycles. The number of esters is 1. The number of H-pyrrole nitrogens is 1. The van der Waals surface area contributed by atoms with Crippen LogP contribution in [0.2, 0.25) is 15.1 Å². The maximum absolute atomic E-state index is 12.5.